The number of benzene rings is 2. The van der Waals surface area contributed by atoms with Crippen molar-refractivity contribution >= 4 is 11.8 Å². The number of halogens is 6. The molecule has 10 heteroatoms. The lowest BCUT2D eigenvalue weighted by atomic mass is 9.68. The number of aliphatic imine (C=N–C) groups is 2. The number of fused-ring (bicyclic) bond motifs is 4. The molecule has 1 saturated carbocycles. The van der Waals surface area contributed by atoms with Gasteiger partial charge in [0.15, 0.2) is 11.2 Å². The predicted octanol–water partition coefficient (Wildman–Crippen LogP) is 6.68. The van der Waals surface area contributed by atoms with Crippen LogP contribution >= 0.6 is 0 Å². The molecule has 0 N–H and O–H groups in total. The normalized spacial score (nSPS) is 30.2. The highest BCUT2D eigenvalue weighted by Gasteiger charge is 2.86. The maximum atomic E-state index is 15.4. The first-order valence-electron chi connectivity index (χ1n) is 11.8. The smallest absolute Gasteiger partial charge is 0.380 e. The fourth-order valence-corrected chi connectivity index (χ4v) is 5.74. The summed E-state index contributed by atoms with van der Waals surface area (Å²) in [7, 11) is 0. The minimum atomic E-state index is -5.72. The van der Waals surface area contributed by atoms with Gasteiger partial charge in [-0.3, -0.25) is 0 Å². The molecule has 2 heterocycles. The van der Waals surface area contributed by atoms with E-state index in [-0.39, 0.29) is 24.6 Å². The van der Waals surface area contributed by atoms with Gasteiger partial charge in [-0.05, 0) is 37.1 Å². The molecule has 2 aromatic carbocycles. The van der Waals surface area contributed by atoms with E-state index in [4.69, 9.17) is 9.47 Å². The summed E-state index contributed by atoms with van der Waals surface area (Å²) in [6.45, 7) is 3.16. The Balaban J connectivity index is 1.72. The molecule has 0 saturated heterocycles. The summed E-state index contributed by atoms with van der Waals surface area (Å²) >= 11 is 0. The molecule has 0 amide bonds. The molecule has 2 unspecified atom stereocenters. The Hall–Kier alpha value is -3.56. The molecule has 0 radical (unpaired) electrons. The van der Waals surface area contributed by atoms with Gasteiger partial charge in [-0.15, -0.1) is 0 Å². The molecule has 6 rings (SSSR count). The van der Waals surface area contributed by atoms with Crippen LogP contribution in [0.4, 0.5) is 26.3 Å². The highest BCUT2D eigenvalue weighted by Crippen LogP contribution is 2.70. The highest BCUT2D eigenvalue weighted by molar-refractivity contribution is 6.00. The molecular formula is C27H20F6N2O2. The van der Waals surface area contributed by atoms with Crippen molar-refractivity contribution < 1.29 is 35.8 Å². The zero-order valence-electron chi connectivity index (χ0n) is 19.7. The monoisotopic (exact) mass is 518 g/mol. The van der Waals surface area contributed by atoms with Crippen LogP contribution in [0.25, 0.3) is 0 Å². The number of nitrogens with zero attached hydrogens (tertiary/aromatic N) is 2. The van der Waals surface area contributed by atoms with E-state index in [1.54, 1.807) is 74.5 Å². The molecule has 2 aliphatic carbocycles. The highest BCUT2D eigenvalue weighted by atomic mass is 19.3. The van der Waals surface area contributed by atoms with E-state index in [1.165, 1.54) is 0 Å². The van der Waals surface area contributed by atoms with Crippen molar-refractivity contribution in [1.29, 1.82) is 0 Å². The van der Waals surface area contributed by atoms with Crippen molar-refractivity contribution in [1.82, 2.24) is 0 Å². The second kappa shape index (κ2) is 7.26. The molecule has 2 aromatic rings. The van der Waals surface area contributed by atoms with Crippen molar-refractivity contribution in [2.75, 3.05) is 0 Å². The van der Waals surface area contributed by atoms with Gasteiger partial charge >= 0.3 is 17.8 Å². The third-order valence-corrected chi connectivity index (χ3v) is 7.56. The number of rotatable bonds is 4. The second-order valence-corrected chi connectivity index (χ2v) is 9.30. The average Bonchev–Trinajstić information content (AvgIpc) is 3.51. The maximum Gasteiger partial charge on any atom is 0.380 e. The summed E-state index contributed by atoms with van der Waals surface area (Å²) in [4.78, 5) is 8.41. The molecule has 192 valence electrons. The molecule has 2 aliphatic heterocycles. The van der Waals surface area contributed by atoms with E-state index in [2.05, 4.69) is 9.98 Å². The first-order valence-corrected chi connectivity index (χ1v) is 11.8. The number of ether oxygens (including phenoxy) is 2. The summed E-state index contributed by atoms with van der Waals surface area (Å²) in [6.07, 6.45) is -0.192. The van der Waals surface area contributed by atoms with Gasteiger partial charge in [-0.2, -0.15) is 26.3 Å². The van der Waals surface area contributed by atoms with Crippen molar-refractivity contribution in [3.05, 3.63) is 94.3 Å². The quantitative estimate of drug-likeness (QED) is 0.424. The van der Waals surface area contributed by atoms with Crippen molar-refractivity contribution in [3.8, 4) is 0 Å². The topological polar surface area (TPSA) is 43.2 Å². The Bertz CT molecular complexity index is 1320. The van der Waals surface area contributed by atoms with Crippen molar-refractivity contribution in [2.45, 2.75) is 55.7 Å². The predicted molar refractivity (Wildman–Crippen MR) is 123 cm³/mol. The summed E-state index contributed by atoms with van der Waals surface area (Å²) in [5, 5.41) is 0. The van der Waals surface area contributed by atoms with E-state index in [0.717, 1.165) is 0 Å². The zero-order valence-corrected chi connectivity index (χ0v) is 19.7. The Kier molecular flexibility index (Phi) is 4.68. The van der Waals surface area contributed by atoms with Crippen LogP contribution in [0, 0.1) is 0 Å². The first kappa shape index (κ1) is 23.8. The number of alkyl halides is 6. The summed E-state index contributed by atoms with van der Waals surface area (Å²) in [5.74, 6) is -16.5. The van der Waals surface area contributed by atoms with Crippen LogP contribution in [0.1, 0.15) is 37.8 Å². The van der Waals surface area contributed by atoms with Gasteiger partial charge in [-0.1, -0.05) is 50.2 Å². The molecule has 2 atom stereocenters. The molecule has 37 heavy (non-hydrogen) atoms. The van der Waals surface area contributed by atoms with Crippen LogP contribution < -0.4 is 0 Å². The van der Waals surface area contributed by atoms with Gasteiger partial charge in [0.05, 0.1) is 11.1 Å². The molecule has 0 spiro atoms. The molecule has 0 bridgehead atoms. The Morgan fingerprint density at radius 3 is 1.27 bits per heavy atom. The van der Waals surface area contributed by atoms with E-state index in [9.17, 15) is 8.78 Å². The molecule has 4 aliphatic rings. The van der Waals surface area contributed by atoms with Crippen LogP contribution in [-0.4, -0.2) is 40.8 Å². The third kappa shape index (κ3) is 2.60. The van der Waals surface area contributed by atoms with Gasteiger partial charge < -0.3 is 9.47 Å². The van der Waals surface area contributed by atoms with Gasteiger partial charge in [0.1, 0.15) is 11.4 Å². The fraction of sp³-hybridized carbons (Fsp3) is 0.333. The summed E-state index contributed by atoms with van der Waals surface area (Å²) in [5.41, 5.74) is -7.54. The van der Waals surface area contributed by atoms with Gasteiger partial charge in [0, 0.05) is 11.1 Å². The van der Waals surface area contributed by atoms with Crippen molar-refractivity contribution in [3.63, 3.8) is 0 Å². The van der Waals surface area contributed by atoms with Gasteiger partial charge in [0.2, 0.25) is 11.8 Å². The lowest BCUT2D eigenvalue weighted by Gasteiger charge is -2.47. The Labute approximate surface area is 208 Å². The van der Waals surface area contributed by atoms with Crippen LogP contribution in [-0.2, 0) is 9.47 Å². The average molecular weight is 518 g/mol. The van der Waals surface area contributed by atoms with Gasteiger partial charge in [0.25, 0.3) is 0 Å². The Morgan fingerprint density at radius 2 is 0.946 bits per heavy atom. The van der Waals surface area contributed by atoms with Gasteiger partial charge in [-0.25, -0.2) is 9.98 Å². The Morgan fingerprint density at radius 1 is 0.595 bits per heavy atom. The number of allylic oxidation sites excluding steroid dienone is 2. The SMILES string of the molecule is CCC12OC(c3ccccc3)=NC1=C1C(=C3N=C(c4ccccc4)OC32CC)C(F)(F)C(F)(F)C1(F)F. The first-order chi connectivity index (χ1) is 17.5. The molecule has 1 fully saturated rings. The standard InChI is InChI=1S/C27H20F6N2O2/c1-3-23-19(34-21(36-23)15-11-7-5-8-12-15)17-18(26(30,31)27(32,33)25(17,28)29)20-24(23,4-2)37-22(35-20)16-13-9-6-10-14-16/h5-14H,3-4H2,1-2H3. The van der Waals surface area contributed by atoms with Crippen LogP contribution in [0.5, 0.6) is 0 Å². The van der Waals surface area contributed by atoms with Crippen LogP contribution in [0.15, 0.2) is 93.2 Å². The summed E-state index contributed by atoms with van der Waals surface area (Å²) in [6, 6.07) is 16.4. The minimum absolute atomic E-state index is 0.0961. The number of hydrogen-bond donors (Lipinski definition) is 0. The van der Waals surface area contributed by atoms with E-state index in [0.29, 0.717) is 11.1 Å². The fourth-order valence-electron chi connectivity index (χ4n) is 5.74. The summed E-state index contributed by atoms with van der Waals surface area (Å²) < 4.78 is 104. The number of hydrogen-bond acceptors (Lipinski definition) is 4. The largest absolute Gasteiger partial charge is 0.459 e. The van der Waals surface area contributed by atoms with E-state index >= 15 is 17.6 Å². The zero-order chi connectivity index (χ0) is 26.4. The maximum absolute atomic E-state index is 15.4. The van der Waals surface area contributed by atoms with Crippen LogP contribution in [0.3, 0.4) is 0 Å². The second-order valence-electron chi connectivity index (χ2n) is 9.30. The van der Waals surface area contributed by atoms with Crippen molar-refractivity contribution in [2.24, 2.45) is 9.98 Å². The van der Waals surface area contributed by atoms with E-state index in [1.807, 2.05) is 0 Å². The third-order valence-electron chi connectivity index (χ3n) is 7.56. The molecular weight excluding hydrogens is 498 g/mol. The van der Waals surface area contributed by atoms with E-state index < -0.39 is 51.5 Å². The molecule has 0 aromatic heterocycles. The lowest BCUT2D eigenvalue weighted by molar-refractivity contribution is -0.258. The van der Waals surface area contributed by atoms with Crippen LogP contribution in [0.2, 0.25) is 0 Å². The lowest BCUT2D eigenvalue weighted by Crippen LogP contribution is -2.59. The minimum Gasteiger partial charge on any atom is -0.459 e. The molecule has 4 nitrogen and oxygen atoms in total.